The summed E-state index contributed by atoms with van der Waals surface area (Å²) in [4.78, 5) is 12.4. The summed E-state index contributed by atoms with van der Waals surface area (Å²) in [5, 5.41) is 19.9. The highest BCUT2D eigenvalue weighted by molar-refractivity contribution is 6.10. The van der Waals surface area contributed by atoms with Crippen molar-refractivity contribution in [2.45, 2.75) is 0 Å². The number of aromatic hydroxyl groups is 2. The lowest BCUT2D eigenvalue weighted by atomic mass is 10.1. The normalized spacial score (nSPS) is 10.6. The predicted molar refractivity (Wildman–Crippen MR) is 95.8 cm³/mol. The molecule has 0 spiro atoms. The van der Waals surface area contributed by atoms with Crippen molar-refractivity contribution in [3.05, 3.63) is 41.5 Å². The van der Waals surface area contributed by atoms with E-state index in [4.69, 9.17) is 18.9 Å². The monoisotopic (exact) mass is 360 g/mol. The van der Waals surface area contributed by atoms with Gasteiger partial charge in [-0.3, -0.25) is 4.79 Å². The minimum Gasteiger partial charge on any atom is -0.507 e. The standard InChI is InChI=1S/C19H20O7/c1-23-12-9-14(21)18(15(22)10-12)13(20)6-5-11-7-16(24-2)19(26-4)17(8-11)25-3/h5-10,21-22H,1-4H3/b6-5+. The van der Waals surface area contributed by atoms with Crippen molar-refractivity contribution in [3.8, 4) is 34.5 Å². The van der Waals surface area contributed by atoms with E-state index in [-0.39, 0.29) is 22.8 Å². The van der Waals surface area contributed by atoms with Crippen molar-refractivity contribution in [2.24, 2.45) is 0 Å². The average molecular weight is 360 g/mol. The van der Waals surface area contributed by atoms with Gasteiger partial charge >= 0.3 is 0 Å². The summed E-state index contributed by atoms with van der Waals surface area (Å²) in [6.07, 6.45) is 2.73. The van der Waals surface area contributed by atoms with E-state index >= 15 is 0 Å². The van der Waals surface area contributed by atoms with E-state index < -0.39 is 5.78 Å². The van der Waals surface area contributed by atoms with Crippen molar-refractivity contribution in [3.63, 3.8) is 0 Å². The second-order valence-corrected chi connectivity index (χ2v) is 5.20. The van der Waals surface area contributed by atoms with Crippen molar-refractivity contribution < 1.29 is 34.0 Å². The van der Waals surface area contributed by atoms with Gasteiger partial charge in [0.2, 0.25) is 5.75 Å². The Hall–Kier alpha value is -3.35. The summed E-state index contributed by atoms with van der Waals surface area (Å²) in [5.74, 6) is 0.233. The molecule has 0 saturated heterocycles. The zero-order chi connectivity index (χ0) is 19.3. The number of phenolic OH excluding ortho intramolecular Hbond substituents is 2. The van der Waals surface area contributed by atoms with E-state index in [1.807, 2.05) is 0 Å². The Labute approximate surface area is 151 Å². The molecule has 2 aromatic rings. The average Bonchev–Trinajstić information content (AvgIpc) is 2.64. The van der Waals surface area contributed by atoms with E-state index in [2.05, 4.69) is 0 Å². The Morgan fingerprint density at radius 3 is 1.81 bits per heavy atom. The summed E-state index contributed by atoms with van der Waals surface area (Å²) in [6.45, 7) is 0. The van der Waals surface area contributed by atoms with Gasteiger partial charge in [0, 0.05) is 12.1 Å². The third-order valence-electron chi connectivity index (χ3n) is 3.67. The molecule has 138 valence electrons. The van der Waals surface area contributed by atoms with Crippen molar-refractivity contribution in [1.82, 2.24) is 0 Å². The van der Waals surface area contributed by atoms with Crippen molar-refractivity contribution >= 4 is 11.9 Å². The summed E-state index contributed by atoms with van der Waals surface area (Å²) in [6, 6.07) is 5.83. The SMILES string of the molecule is COc1cc(O)c(C(=O)/C=C/c2cc(OC)c(OC)c(OC)c2)c(O)c1. The third-order valence-corrected chi connectivity index (χ3v) is 3.67. The predicted octanol–water partition coefficient (Wildman–Crippen LogP) is 3.03. The molecule has 0 atom stereocenters. The van der Waals surface area contributed by atoms with Gasteiger partial charge in [-0.2, -0.15) is 0 Å². The number of benzene rings is 2. The fraction of sp³-hybridized carbons (Fsp3) is 0.211. The van der Waals surface area contributed by atoms with E-state index in [0.717, 1.165) is 0 Å². The molecule has 2 rings (SSSR count). The van der Waals surface area contributed by atoms with Crippen LogP contribution in [0.25, 0.3) is 6.08 Å². The molecule has 0 aliphatic rings. The number of ketones is 1. The highest BCUT2D eigenvalue weighted by Gasteiger charge is 2.17. The minimum absolute atomic E-state index is 0.213. The van der Waals surface area contributed by atoms with Crippen LogP contribution in [0.3, 0.4) is 0 Å². The van der Waals surface area contributed by atoms with Gasteiger partial charge in [0.25, 0.3) is 0 Å². The number of hydrogen-bond donors (Lipinski definition) is 2. The number of rotatable bonds is 7. The van der Waals surface area contributed by atoms with Crippen LogP contribution in [0.1, 0.15) is 15.9 Å². The lowest BCUT2D eigenvalue weighted by Gasteiger charge is -2.12. The smallest absolute Gasteiger partial charge is 0.203 e. The number of allylic oxidation sites excluding steroid dienone is 1. The van der Waals surface area contributed by atoms with Crippen molar-refractivity contribution in [2.75, 3.05) is 28.4 Å². The molecule has 0 saturated carbocycles. The maximum atomic E-state index is 12.4. The first kappa shape index (κ1) is 19.0. The highest BCUT2D eigenvalue weighted by Crippen LogP contribution is 2.38. The first-order valence-electron chi connectivity index (χ1n) is 7.57. The molecule has 0 radical (unpaired) electrons. The molecule has 7 heteroatoms. The zero-order valence-electron chi connectivity index (χ0n) is 14.9. The Morgan fingerprint density at radius 2 is 1.38 bits per heavy atom. The number of methoxy groups -OCH3 is 4. The number of carbonyl (C=O) groups is 1. The zero-order valence-corrected chi connectivity index (χ0v) is 14.9. The lowest BCUT2D eigenvalue weighted by molar-refractivity contribution is 0.104. The van der Waals surface area contributed by atoms with Crippen LogP contribution in [-0.2, 0) is 0 Å². The number of phenols is 2. The summed E-state index contributed by atoms with van der Waals surface area (Å²) in [5.41, 5.74) is 0.398. The summed E-state index contributed by atoms with van der Waals surface area (Å²) in [7, 11) is 5.86. The number of hydrogen-bond acceptors (Lipinski definition) is 7. The van der Waals surface area contributed by atoms with Gasteiger partial charge in [-0.1, -0.05) is 6.08 Å². The highest BCUT2D eigenvalue weighted by atomic mass is 16.5. The van der Waals surface area contributed by atoms with Crippen LogP contribution in [0, 0.1) is 0 Å². The van der Waals surface area contributed by atoms with Crippen LogP contribution in [0.2, 0.25) is 0 Å². The van der Waals surface area contributed by atoms with Gasteiger partial charge in [-0.05, 0) is 23.8 Å². The minimum atomic E-state index is -0.573. The van der Waals surface area contributed by atoms with Crippen LogP contribution >= 0.6 is 0 Å². The van der Waals surface area contributed by atoms with Gasteiger partial charge in [0.1, 0.15) is 22.8 Å². The molecule has 0 bridgehead atoms. The Morgan fingerprint density at radius 1 is 0.846 bits per heavy atom. The van der Waals surface area contributed by atoms with Gasteiger partial charge in [-0.25, -0.2) is 0 Å². The molecule has 2 N–H and O–H groups in total. The number of ether oxygens (including phenoxy) is 4. The molecule has 0 unspecified atom stereocenters. The fourth-order valence-electron chi connectivity index (χ4n) is 2.41. The fourth-order valence-corrected chi connectivity index (χ4v) is 2.41. The molecule has 7 nitrogen and oxygen atoms in total. The van der Waals surface area contributed by atoms with Crippen LogP contribution < -0.4 is 18.9 Å². The maximum Gasteiger partial charge on any atom is 0.203 e. The quantitative estimate of drug-likeness (QED) is 0.579. The molecule has 2 aromatic carbocycles. The van der Waals surface area contributed by atoms with Crippen molar-refractivity contribution in [1.29, 1.82) is 0 Å². The topological polar surface area (TPSA) is 94.5 Å². The molecule has 0 heterocycles. The molecular weight excluding hydrogens is 340 g/mol. The van der Waals surface area contributed by atoms with Crippen LogP contribution in [-0.4, -0.2) is 44.4 Å². The van der Waals surface area contributed by atoms with E-state index in [0.29, 0.717) is 22.8 Å². The number of carbonyl (C=O) groups excluding carboxylic acids is 1. The molecule has 0 fully saturated rings. The molecule has 26 heavy (non-hydrogen) atoms. The van der Waals surface area contributed by atoms with Crippen LogP contribution in [0.4, 0.5) is 0 Å². The van der Waals surface area contributed by atoms with E-state index in [9.17, 15) is 15.0 Å². The summed E-state index contributed by atoms with van der Waals surface area (Å²) < 4.78 is 20.7. The second kappa shape index (κ2) is 8.15. The lowest BCUT2D eigenvalue weighted by Crippen LogP contribution is -1.98. The van der Waals surface area contributed by atoms with Gasteiger partial charge in [0.05, 0.1) is 28.4 Å². The van der Waals surface area contributed by atoms with Gasteiger partial charge in [-0.15, -0.1) is 0 Å². The second-order valence-electron chi connectivity index (χ2n) is 5.20. The Kier molecular flexibility index (Phi) is 5.95. The first-order chi connectivity index (χ1) is 12.4. The summed E-state index contributed by atoms with van der Waals surface area (Å²) >= 11 is 0. The van der Waals surface area contributed by atoms with Crippen LogP contribution in [0.15, 0.2) is 30.3 Å². The van der Waals surface area contributed by atoms with E-state index in [1.165, 1.54) is 52.7 Å². The van der Waals surface area contributed by atoms with Gasteiger partial charge < -0.3 is 29.2 Å². The van der Waals surface area contributed by atoms with Gasteiger partial charge in [0.15, 0.2) is 17.3 Å². The molecule has 0 amide bonds. The Bertz CT molecular complexity index is 792. The first-order valence-corrected chi connectivity index (χ1v) is 7.57. The maximum absolute atomic E-state index is 12.4. The molecule has 0 aromatic heterocycles. The van der Waals surface area contributed by atoms with Crippen LogP contribution in [0.5, 0.6) is 34.5 Å². The van der Waals surface area contributed by atoms with E-state index in [1.54, 1.807) is 12.1 Å². The largest absolute Gasteiger partial charge is 0.507 e. The Balaban J connectivity index is 2.37. The molecule has 0 aliphatic carbocycles. The third kappa shape index (κ3) is 3.83. The molecule has 0 aliphatic heterocycles. The molecular formula is C19H20O7.